The number of amides is 3. The molecule has 0 spiro atoms. The second-order valence-electron chi connectivity index (χ2n) is 9.26. The van der Waals surface area contributed by atoms with Crippen LogP contribution in [0.3, 0.4) is 0 Å². The third-order valence-electron chi connectivity index (χ3n) is 6.91. The minimum absolute atomic E-state index is 0.0299. The lowest BCUT2D eigenvalue weighted by Gasteiger charge is -2.41. The summed E-state index contributed by atoms with van der Waals surface area (Å²) in [6.45, 7) is 3.43. The molecule has 186 valence electrons. The van der Waals surface area contributed by atoms with E-state index in [1.165, 1.54) is 6.26 Å². The number of nitrogens with one attached hydrogen (secondary N) is 1. The predicted molar refractivity (Wildman–Crippen MR) is 134 cm³/mol. The molecule has 1 atom stereocenters. The van der Waals surface area contributed by atoms with Gasteiger partial charge in [-0.2, -0.15) is 0 Å². The Morgan fingerprint density at radius 1 is 0.861 bits per heavy atom. The minimum atomic E-state index is -0.585. The molecule has 0 saturated carbocycles. The number of hydrogen-bond donors (Lipinski definition) is 1. The van der Waals surface area contributed by atoms with Crippen LogP contribution in [0.1, 0.15) is 27.2 Å². The van der Waals surface area contributed by atoms with Crippen molar-refractivity contribution >= 4 is 17.7 Å². The molecular weight excluding hydrogens is 456 g/mol. The molecule has 3 aromatic rings. The molecule has 2 aromatic carbocycles. The lowest BCUT2D eigenvalue weighted by Crippen LogP contribution is -2.58. The van der Waals surface area contributed by atoms with Gasteiger partial charge in [-0.3, -0.25) is 19.3 Å². The van der Waals surface area contributed by atoms with Gasteiger partial charge in [0.2, 0.25) is 11.8 Å². The van der Waals surface area contributed by atoms with Crippen LogP contribution >= 0.6 is 0 Å². The number of carbonyl (C=O) groups is 3. The van der Waals surface area contributed by atoms with E-state index >= 15 is 0 Å². The van der Waals surface area contributed by atoms with Gasteiger partial charge in [-0.15, -0.1) is 0 Å². The van der Waals surface area contributed by atoms with Gasteiger partial charge in [0.25, 0.3) is 5.91 Å². The first kappa shape index (κ1) is 23.8. The summed E-state index contributed by atoms with van der Waals surface area (Å²) in [7, 11) is 0. The van der Waals surface area contributed by atoms with Crippen LogP contribution in [0.5, 0.6) is 0 Å². The van der Waals surface area contributed by atoms with Crippen molar-refractivity contribution < 1.29 is 18.8 Å². The lowest BCUT2D eigenvalue weighted by molar-refractivity contribution is -0.138. The summed E-state index contributed by atoms with van der Waals surface area (Å²) in [4.78, 5) is 44.8. The molecule has 0 bridgehead atoms. The number of fused-ring (bicyclic) bond motifs is 1. The zero-order valence-corrected chi connectivity index (χ0v) is 20.1. The van der Waals surface area contributed by atoms with E-state index in [2.05, 4.69) is 10.2 Å². The van der Waals surface area contributed by atoms with E-state index in [0.29, 0.717) is 52.2 Å². The predicted octanol–water partition coefficient (Wildman–Crippen LogP) is 2.31. The van der Waals surface area contributed by atoms with Gasteiger partial charge in [-0.05, 0) is 28.8 Å². The normalized spacial score (nSPS) is 17.9. The molecule has 3 heterocycles. The maximum atomic E-state index is 13.6. The van der Waals surface area contributed by atoms with Crippen LogP contribution in [0.4, 0.5) is 0 Å². The quantitative estimate of drug-likeness (QED) is 0.578. The average molecular weight is 487 g/mol. The highest BCUT2D eigenvalue weighted by atomic mass is 16.3. The van der Waals surface area contributed by atoms with Gasteiger partial charge in [-0.25, -0.2) is 0 Å². The molecule has 8 heteroatoms. The summed E-state index contributed by atoms with van der Waals surface area (Å²) in [5, 5.41) is 2.96. The molecule has 2 aliphatic heterocycles. The molecule has 1 fully saturated rings. The van der Waals surface area contributed by atoms with Crippen molar-refractivity contribution in [2.24, 2.45) is 0 Å². The molecule has 0 aliphatic carbocycles. The summed E-state index contributed by atoms with van der Waals surface area (Å²) in [5.74, 6) is -0.129. The Kier molecular flexibility index (Phi) is 7.13. The van der Waals surface area contributed by atoms with Crippen LogP contribution < -0.4 is 5.32 Å². The number of benzene rings is 2. The van der Waals surface area contributed by atoms with Crippen molar-refractivity contribution in [2.75, 3.05) is 32.7 Å². The van der Waals surface area contributed by atoms with Crippen molar-refractivity contribution in [3.63, 3.8) is 0 Å². The summed E-state index contributed by atoms with van der Waals surface area (Å²) in [6.07, 6.45) is 1.95. The lowest BCUT2D eigenvalue weighted by atomic mass is 9.92. The molecule has 8 nitrogen and oxygen atoms in total. The summed E-state index contributed by atoms with van der Waals surface area (Å²) >= 11 is 0. The van der Waals surface area contributed by atoms with Crippen LogP contribution in [0.2, 0.25) is 0 Å². The van der Waals surface area contributed by atoms with Gasteiger partial charge >= 0.3 is 0 Å². The highest BCUT2D eigenvalue weighted by Crippen LogP contribution is 2.26. The number of carbonyl (C=O) groups excluding carboxylic acids is 3. The maximum Gasteiger partial charge on any atom is 0.290 e. The van der Waals surface area contributed by atoms with E-state index < -0.39 is 6.04 Å². The van der Waals surface area contributed by atoms with Gasteiger partial charge in [0.05, 0.1) is 12.8 Å². The molecule has 1 unspecified atom stereocenters. The van der Waals surface area contributed by atoms with Crippen LogP contribution in [-0.2, 0) is 29.1 Å². The van der Waals surface area contributed by atoms with Crippen molar-refractivity contribution in [1.82, 2.24) is 20.0 Å². The molecule has 3 amide bonds. The highest BCUT2D eigenvalue weighted by molar-refractivity contribution is 5.96. The van der Waals surface area contributed by atoms with Gasteiger partial charge in [0, 0.05) is 45.7 Å². The molecule has 1 aromatic heterocycles. The van der Waals surface area contributed by atoms with Crippen molar-refractivity contribution in [1.29, 1.82) is 0 Å². The van der Waals surface area contributed by atoms with Gasteiger partial charge in [0.1, 0.15) is 6.04 Å². The second kappa shape index (κ2) is 10.8. The standard InChI is InChI=1S/C28H30N4O4/c33-26(29-18-21-7-2-1-3-8-21)20-30-12-14-31(15-13-30)27(34)24-17-22-9-4-5-10-23(22)19-32(24)28(35)25-11-6-16-36-25/h1-11,16,24H,12-15,17-20H2,(H,29,33). The second-order valence-corrected chi connectivity index (χ2v) is 9.26. The van der Waals surface area contributed by atoms with E-state index in [0.717, 1.165) is 16.7 Å². The number of furan rings is 1. The van der Waals surface area contributed by atoms with Gasteiger partial charge < -0.3 is 19.5 Å². The Labute approximate surface area is 210 Å². The number of rotatable bonds is 6. The molecule has 0 radical (unpaired) electrons. The summed E-state index contributed by atoms with van der Waals surface area (Å²) in [6, 6.07) is 20.5. The van der Waals surface area contributed by atoms with E-state index in [-0.39, 0.29) is 23.5 Å². The Bertz CT molecular complexity index is 1200. The van der Waals surface area contributed by atoms with E-state index in [9.17, 15) is 14.4 Å². The highest BCUT2D eigenvalue weighted by Gasteiger charge is 2.38. The van der Waals surface area contributed by atoms with Crippen molar-refractivity contribution in [2.45, 2.75) is 25.6 Å². The fourth-order valence-corrected chi connectivity index (χ4v) is 4.89. The average Bonchev–Trinajstić information content (AvgIpc) is 3.47. The monoisotopic (exact) mass is 486 g/mol. The van der Waals surface area contributed by atoms with Gasteiger partial charge in [0.15, 0.2) is 5.76 Å². The Balaban J connectivity index is 1.19. The van der Waals surface area contributed by atoms with E-state index in [1.54, 1.807) is 17.0 Å². The van der Waals surface area contributed by atoms with Gasteiger partial charge in [-0.1, -0.05) is 54.6 Å². The molecule has 2 aliphatic rings. The smallest absolute Gasteiger partial charge is 0.290 e. The Hall–Kier alpha value is -3.91. The largest absolute Gasteiger partial charge is 0.459 e. The maximum absolute atomic E-state index is 13.6. The van der Waals surface area contributed by atoms with Crippen molar-refractivity contribution in [3.8, 4) is 0 Å². The fourth-order valence-electron chi connectivity index (χ4n) is 4.89. The molecule has 5 rings (SSSR count). The fraction of sp³-hybridized carbons (Fsp3) is 0.321. The van der Waals surface area contributed by atoms with E-state index in [4.69, 9.17) is 4.42 Å². The van der Waals surface area contributed by atoms with E-state index in [1.807, 2.05) is 59.5 Å². The minimum Gasteiger partial charge on any atom is -0.459 e. The third-order valence-corrected chi connectivity index (χ3v) is 6.91. The Morgan fingerprint density at radius 2 is 1.58 bits per heavy atom. The molecular formula is C28H30N4O4. The first-order chi connectivity index (χ1) is 17.6. The number of piperazine rings is 1. The zero-order valence-electron chi connectivity index (χ0n) is 20.1. The van der Waals surface area contributed by atoms with Crippen LogP contribution in [-0.4, -0.2) is 71.2 Å². The number of nitrogens with zero attached hydrogens (tertiary/aromatic N) is 3. The molecule has 36 heavy (non-hydrogen) atoms. The first-order valence-electron chi connectivity index (χ1n) is 12.3. The van der Waals surface area contributed by atoms with Crippen molar-refractivity contribution in [3.05, 3.63) is 95.4 Å². The third kappa shape index (κ3) is 5.33. The first-order valence-corrected chi connectivity index (χ1v) is 12.3. The SMILES string of the molecule is O=C(CN1CCN(C(=O)C2Cc3ccccc3CN2C(=O)c2ccco2)CC1)NCc1ccccc1. The summed E-state index contributed by atoms with van der Waals surface area (Å²) < 4.78 is 5.35. The zero-order chi connectivity index (χ0) is 24.9. The molecule has 1 saturated heterocycles. The van der Waals surface area contributed by atoms with Crippen LogP contribution in [0.15, 0.2) is 77.4 Å². The van der Waals surface area contributed by atoms with Crippen LogP contribution in [0.25, 0.3) is 0 Å². The topological polar surface area (TPSA) is 86.1 Å². The molecule has 1 N–H and O–H groups in total. The Morgan fingerprint density at radius 3 is 2.31 bits per heavy atom. The summed E-state index contributed by atoms with van der Waals surface area (Å²) in [5.41, 5.74) is 3.20. The van der Waals surface area contributed by atoms with Crippen LogP contribution in [0, 0.1) is 0 Å². The number of hydrogen-bond acceptors (Lipinski definition) is 5.